The number of halogens is 2. The van der Waals surface area contributed by atoms with Gasteiger partial charge in [-0.2, -0.15) is 0 Å². The van der Waals surface area contributed by atoms with E-state index in [1.165, 1.54) is 24.3 Å². The highest BCUT2D eigenvalue weighted by Crippen LogP contribution is 2.13. The highest BCUT2D eigenvalue weighted by molar-refractivity contribution is 7.89. The van der Waals surface area contributed by atoms with Crippen molar-refractivity contribution >= 4 is 39.2 Å². The zero-order valence-corrected chi connectivity index (χ0v) is 12.8. The van der Waals surface area contributed by atoms with E-state index in [0.29, 0.717) is 5.02 Å². The standard InChI is InChI=1S/C12H13Cl2NO4S/c1-9(13)8-19-12(16)6-7-15-20(17,18)11-4-2-10(14)3-5-11/h2-5,15H,1,6-8H2. The van der Waals surface area contributed by atoms with Crippen molar-refractivity contribution in [2.24, 2.45) is 0 Å². The summed E-state index contributed by atoms with van der Waals surface area (Å²) in [6.07, 6.45) is -0.100. The normalized spacial score (nSPS) is 11.1. The van der Waals surface area contributed by atoms with Gasteiger partial charge in [0.05, 0.1) is 11.3 Å². The van der Waals surface area contributed by atoms with Crippen molar-refractivity contribution in [1.29, 1.82) is 0 Å². The van der Waals surface area contributed by atoms with Gasteiger partial charge in [-0.25, -0.2) is 13.1 Å². The Morgan fingerprint density at radius 3 is 2.45 bits per heavy atom. The van der Waals surface area contributed by atoms with Crippen LogP contribution in [0.1, 0.15) is 6.42 Å². The van der Waals surface area contributed by atoms with E-state index in [9.17, 15) is 13.2 Å². The highest BCUT2D eigenvalue weighted by atomic mass is 35.5. The van der Waals surface area contributed by atoms with Gasteiger partial charge in [0.1, 0.15) is 6.61 Å². The molecule has 0 radical (unpaired) electrons. The lowest BCUT2D eigenvalue weighted by atomic mass is 10.4. The number of carbonyl (C=O) groups is 1. The Morgan fingerprint density at radius 2 is 1.90 bits per heavy atom. The molecule has 0 saturated heterocycles. The summed E-state index contributed by atoms with van der Waals surface area (Å²) < 4.78 is 30.7. The van der Waals surface area contributed by atoms with Crippen LogP contribution >= 0.6 is 23.2 Å². The van der Waals surface area contributed by atoms with Gasteiger partial charge in [-0.1, -0.05) is 29.8 Å². The highest BCUT2D eigenvalue weighted by Gasteiger charge is 2.14. The topological polar surface area (TPSA) is 72.5 Å². The molecule has 0 aliphatic carbocycles. The largest absolute Gasteiger partial charge is 0.460 e. The van der Waals surface area contributed by atoms with Crippen LogP contribution in [0.2, 0.25) is 5.02 Å². The molecule has 8 heteroatoms. The molecular weight excluding hydrogens is 325 g/mol. The fourth-order valence-electron chi connectivity index (χ4n) is 1.22. The Kier molecular flexibility index (Phi) is 6.48. The summed E-state index contributed by atoms with van der Waals surface area (Å²) in [4.78, 5) is 11.3. The third kappa shape index (κ3) is 5.92. The second-order valence-corrected chi connectivity index (χ2v) is 6.52. The molecule has 1 aromatic rings. The SMILES string of the molecule is C=C(Cl)COC(=O)CCNS(=O)(=O)c1ccc(Cl)cc1. The van der Waals surface area contributed by atoms with E-state index in [4.69, 9.17) is 27.9 Å². The molecule has 0 aliphatic heterocycles. The van der Waals surface area contributed by atoms with Crippen LogP contribution in [0.3, 0.4) is 0 Å². The quantitative estimate of drug-likeness (QED) is 0.775. The number of hydrogen-bond donors (Lipinski definition) is 1. The number of ether oxygens (including phenoxy) is 1. The molecule has 0 aromatic heterocycles. The van der Waals surface area contributed by atoms with Crippen molar-refractivity contribution in [3.8, 4) is 0 Å². The van der Waals surface area contributed by atoms with E-state index in [1.807, 2.05) is 0 Å². The minimum Gasteiger partial charge on any atom is -0.460 e. The fourth-order valence-corrected chi connectivity index (χ4v) is 2.43. The van der Waals surface area contributed by atoms with Gasteiger partial charge in [0, 0.05) is 16.6 Å². The number of nitrogens with one attached hydrogen (secondary N) is 1. The predicted octanol–water partition coefficient (Wildman–Crippen LogP) is 2.30. The van der Waals surface area contributed by atoms with Crippen LogP contribution in [0.25, 0.3) is 0 Å². The minimum absolute atomic E-state index is 0.0709. The minimum atomic E-state index is -3.66. The summed E-state index contributed by atoms with van der Waals surface area (Å²) in [6.45, 7) is 3.20. The molecule has 1 aromatic carbocycles. The maximum absolute atomic E-state index is 11.8. The smallest absolute Gasteiger partial charge is 0.307 e. The average Bonchev–Trinajstić information content (AvgIpc) is 2.36. The average molecular weight is 338 g/mol. The molecule has 0 heterocycles. The summed E-state index contributed by atoms with van der Waals surface area (Å²) >= 11 is 11.1. The van der Waals surface area contributed by atoms with Gasteiger partial charge in [0.2, 0.25) is 10.0 Å². The molecule has 1 rings (SSSR count). The number of benzene rings is 1. The van der Waals surface area contributed by atoms with Gasteiger partial charge >= 0.3 is 5.97 Å². The molecule has 0 atom stereocenters. The molecule has 0 fully saturated rings. The first-order chi connectivity index (χ1) is 9.31. The molecule has 1 N–H and O–H groups in total. The van der Waals surface area contributed by atoms with E-state index >= 15 is 0 Å². The third-order valence-electron chi connectivity index (χ3n) is 2.13. The summed E-state index contributed by atoms with van der Waals surface area (Å²) in [7, 11) is -3.66. The first kappa shape index (κ1) is 17.0. The lowest BCUT2D eigenvalue weighted by molar-refractivity contribution is -0.142. The number of rotatable bonds is 7. The second kappa shape index (κ2) is 7.64. The molecule has 5 nitrogen and oxygen atoms in total. The molecule has 110 valence electrons. The zero-order chi connectivity index (χ0) is 15.2. The van der Waals surface area contributed by atoms with E-state index < -0.39 is 16.0 Å². The van der Waals surface area contributed by atoms with Crippen molar-refractivity contribution in [3.63, 3.8) is 0 Å². The molecule has 0 aliphatic rings. The maximum Gasteiger partial charge on any atom is 0.307 e. The molecule has 0 bridgehead atoms. The summed E-state index contributed by atoms with van der Waals surface area (Å²) in [5.74, 6) is -0.564. The lowest BCUT2D eigenvalue weighted by Gasteiger charge is -2.07. The van der Waals surface area contributed by atoms with Gasteiger partial charge in [-0.3, -0.25) is 4.79 Å². The van der Waals surface area contributed by atoms with E-state index in [-0.39, 0.29) is 29.5 Å². The van der Waals surface area contributed by atoms with Crippen molar-refractivity contribution < 1.29 is 17.9 Å². The van der Waals surface area contributed by atoms with Gasteiger partial charge in [0.25, 0.3) is 0 Å². The number of sulfonamides is 1. The Balaban J connectivity index is 2.46. The van der Waals surface area contributed by atoms with Crippen LogP contribution in [0.5, 0.6) is 0 Å². The van der Waals surface area contributed by atoms with Crippen LogP contribution in [-0.2, 0) is 19.6 Å². The fraction of sp³-hybridized carbons (Fsp3) is 0.250. The van der Waals surface area contributed by atoms with Crippen molar-refractivity contribution in [2.45, 2.75) is 11.3 Å². The number of esters is 1. The van der Waals surface area contributed by atoms with Gasteiger partial charge in [-0.15, -0.1) is 0 Å². The first-order valence-electron chi connectivity index (χ1n) is 5.55. The van der Waals surface area contributed by atoms with Crippen molar-refractivity contribution in [1.82, 2.24) is 4.72 Å². The molecule has 0 unspecified atom stereocenters. The summed E-state index contributed by atoms with van der Waals surface area (Å²) in [5.41, 5.74) is 0. The Labute approximate surface area is 127 Å². The molecule has 0 spiro atoms. The number of carbonyl (C=O) groups excluding carboxylic acids is 1. The van der Waals surface area contributed by atoms with Crippen molar-refractivity contribution in [2.75, 3.05) is 13.2 Å². The van der Waals surface area contributed by atoms with Crippen molar-refractivity contribution in [3.05, 3.63) is 40.9 Å². The van der Waals surface area contributed by atoms with Crippen LogP contribution in [0.15, 0.2) is 40.8 Å². The predicted molar refractivity (Wildman–Crippen MR) is 77.2 cm³/mol. The Hall–Kier alpha value is -1.08. The zero-order valence-electron chi connectivity index (χ0n) is 10.4. The van der Waals surface area contributed by atoms with E-state index in [1.54, 1.807) is 0 Å². The second-order valence-electron chi connectivity index (χ2n) is 3.78. The van der Waals surface area contributed by atoms with Gasteiger partial charge < -0.3 is 4.74 Å². The molecular formula is C12H13Cl2NO4S. The monoisotopic (exact) mass is 337 g/mol. The molecule has 20 heavy (non-hydrogen) atoms. The molecule has 0 amide bonds. The maximum atomic E-state index is 11.8. The van der Waals surface area contributed by atoms with Gasteiger partial charge in [-0.05, 0) is 24.3 Å². The Bertz CT molecular complexity index is 584. The van der Waals surface area contributed by atoms with Crippen LogP contribution in [-0.4, -0.2) is 27.5 Å². The van der Waals surface area contributed by atoms with Crippen LogP contribution in [0, 0.1) is 0 Å². The van der Waals surface area contributed by atoms with E-state index in [2.05, 4.69) is 11.3 Å². The van der Waals surface area contributed by atoms with Crippen LogP contribution in [0.4, 0.5) is 0 Å². The first-order valence-corrected chi connectivity index (χ1v) is 7.79. The van der Waals surface area contributed by atoms with Gasteiger partial charge in [0.15, 0.2) is 0 Å². The lowest BCUT2D eigenvalue weighted by Crippen LogP contribution is -2.26. The number of hydrogen-bond acceptors (Lipinski definition) is 4. The van der Waals surface area contributed by atoms with E-state index in [0.717, 1.165) is 0 Å². The third-order valence-corrected chi connectivity index (χ3v) is 3.97. The van der Waals surface area contributed by atoms with Crippen LogP contribution < -0.4 is 4.72 Å². The molecule has 0 saturated carbocycles. The summed E-state index contributed by atoms with van der Waals surface area (Å²) in [6, 6.07) is 5.69. The summed E-state index contributed by atoms with van der Waals surface area (Å²) in [5, 5.41) is 0.633. The Morgan fingerprint density at radius 1 is 1.30 bits per heavy atom.